The number of oxazole rings is 1. The average Bonchev–Trinajstić information content (AvgIpc) is 2.94. The Labute approximate surface area is 165 Å². The number of hydrogen-bond donors (Lipinski definition) is 4. The first-order chi connectivity index (χ1) is 13.0. The van der Waals surface area contributed by atoms with Gasteiger partial charge < -0.3 is 25.5 Å². The van der Waals surface area contributed by atoms with Crippen molar-refractivity contribution < 1.29 is 19.7 Å². The maximum Gasteiger partial charge on any atom is 0.192 e. The number of fused-ring (bicyclic) bond motifs is 1. The summed E-state index contributed by atoms with van der Waals surface area (Å²) in [6.45, 7) is 13.3. The zero-order chi connectivity index (χ0) is 21.3. The predicted octanol–water partition coefficient (Wildman–Crippen LogP) is 5.39. The Kier molecular flexibility index (Phi) is 6.12. The zero-order valence-corrected chi connectivity index (χ0v) is 17.6. The Morgan fingerprint density at radius 1 is 0.857 bits per heavy atom. The summed E-state index contributed by atoms with van der Waals surface area (Å²) in [6.07, 6.45) is 0. The van der Waals surface area contributed by atoms with Crippen LogP contribution in [0.15, 0.2) is 16.5 Å². The van der Waals surface area contributed by atoms with Crippen LogP contribution in [-0.2, 0) is 0 Å². The second-order valence-electron chi connectivity index (χ2n) is 7.73. The number of rotatable bonds is 2. The third-order valence-corrected chi connectivity index (χ3v) is 4.70. The summed E-state index contributed by atoms with van der Waals surface area (Å²) in [6, 6.07) is 3.32. The smallest absolute Gasteiger partial charge is 0.192 e. The second kappa shape index (κ2) is 8.00. The van der Waals surface area contributed by atoms with Gasteiger partial charge in [-0.3, -0.25) is 0 Å². The van der Waals surface area contributed by atoms with Crippen LogP contribution in [-0.4, -0.2) is 20.3 Å². The minimum atomic E-state index is 0.00694. The lowest BCUT2D eigenvalue weighted by atomic mass is 9.98. The summed E-state index contributed by atoms with van der Waals surface area (Å²) in [7, 11) is 0. The molecule has 0 bridgehead atoms. The van der Waals surface area contributed by atoms with Crippen LogP contribution in [0.25, 0.3) is 11.1 Å². The molecule has 6 nitrogen and oxygen atoms in total. The molecular weight excluding hydrogens is 356 g/mol. The first-order valence-corrected chi connectivity index (χ1v) is 9.36. The molecule has 5 N–H and O–H groups in total. The second-order valence-corrected chi connectivity index (χ2v) is 7.73. The van der Waals surface area contributed by atoms with E-state index in [1.165, 1.54) is 0 Å². The highest BCUT2D eigenvalue weighted by Crippen LogP contribution is 2.39. The van der Waals surface area contributed by atoms with E-state index in [0.29, 0.717) is 28.5 Å². The Morgan fingerprint density at radius 3 is 1.89 bits per heavy atom. The first kappa shape index (κ1) is 21.4. The Bertz CT molecular complexity index is 1000. The molecule has 0 atom stereocenters. The summed E-state index contributed by atoms with van der Waals surface area (Å²) in [4.78, 5) is 4.32. The van der Waals surface area contributed by atoms with Crippen LogP contribution in [0.3, 0.4) is 0 Å². The van der Waals surface area contributed by atoms with E-state index in [0.717, 1.165) is 22.2 Å². The fourth-order valence-corrected chi connectivity index (χ4v) is 3.29. The number of aryl methyl sites for hydroxylation is 3. The molecule has 0 aliphatic heterocycles. The van der Waals surface area contributed by atoms with E-state index in [4.69, 9.17) is 10.2 Å². The third kappa shape index (κ3) is 4.01. The number of aromatic hydroxyl groups is 3. The van der Waals surface area contributed by atoms with E-state index in [-0.39, 0.29) is 23.3 Å². The normalized spacial score (nSPS) is 11.2. The maximum absolute atomic E-state index is 9.88. The van der Waals surface area contributed by atoms with Crippen LogP contribution in [0, 0.1) is 20.8 Å². The number of phenolic OH excluding ortho intramolecular Hbond substituents is 3. The van der Waals surface area contributed by atoms with Gasteiger partial charge in [-0.05, 0) is 48.9 Å². The Balaban J connectivity index is 0.000000203. The van der Waals surface area contributed by atoms with Crippen molar-refractivity contribution in [3.05, 3.63) is 40.3 Å². The molecule has 2 aromatic carbocycles. The molecule has 1 heterocycles. The number of nitrogens with zero attached hydrogens (tertiary/aromatic N) is 1. The number of aromatic nitrogens is 1. The number of anilines is 1. The SMILES string of the molecule is Cc1cc(O)c(C(C)C)c(O)c1N.Cc1nc2c(C)cc(O)c(C(C)C)c2o1. The predicted molar refractivity (Wildman–Crippen MR) is 112 cm³/mol. The quantitative estimate of drug-likeness (QED) is 0.267. The van der Waals surface area contributed by atoms with Gasteiger partial charge in [-0.2, -0.15) is 0 Å². The molecule has 28 heavy (non-hydrogen) atoms. The fraction of sp³-hybridized carbons (Fsp3) is 0.409. The summed E-state index contributed by atoms with van der Waals surface area (Å²) >= 11 is 0. The van der Waals surface area contributed by atoms with Crippen molar-refractivity contribution in [1.29, 1.82) is 0 Å². The molecule has 0 saturated carbocycles. The standard InChI is InChI=1S/C12H15NO2.C10H15NO2/c1-6(2)10-9(14)5-7(3)11-12(10)15-8(4)13-11;1-5(2)8-7(12)4-6(3)9(11)10(8)13/h5-6,14H,1-4H3;4-5,12-13H,11H2,1-3H3. The van der Waals surface area contributed by atoms with Crippen molar-refractivity contribution in [2.45, 2.75) is 60.3 Å². The van der Waals surface area contributed by atoms with E-state index in [1.54, 1.807) is 19.1 Å². The highest BCUT2D eigenvalue weighted by atomic mass is 16.3. The molecule has 3 aromatic rings. The van der Waals surface area contributed by atoms with Gasteiger partial charge in [0, 0.05) is 18.1 Å². The molecule has 0 spiro atoms. The van der Waals surface area contributed by atoms with E-state index in [2.05, 4.69) is 4.98 Å². The van der Waals surface area contributed by atoms with Gasteiger partial charge in [0.2, 0.25) is 0 Å². The highest BCUT2D eigenvalue weighted by Gasteiger charge is 2.17. The van der Waals surface area contributed by atoms with Crippen LogP contribution in [0.1, 0.15) is 67.7 Å². The Hall–Kier alpha value is -2.89. The van der Waals surface area contributed by atoms with E-state index < -0.39 is 0 Å². The van der Waals surface area contributed by atoms with Crippen LogP contribution >= 0.6 is 0 Å². The summed E-state index contributed by atoms with van der Waals surface area (Å²) in [5.41, 5.74) is 10.6. The minimum Gasteiger partial charge on any atom is -0.508 e. The lowest BCUT2D eigenvalue weighted by Gasteiger charge is -2.14. The van der Waals surface area contributed by atoms with Gasteiger partial charge in [0.1, 0.15) is 22.8 Å². The number of benzene rings is 2. The number of nitrogens with two attached hydrogens (primary N) is 1. The largest absolute Gasteiger partial charge is 0.508 e. The van der Waals surface area contributed by atoms with Crippen molar-refractivity contribution in [2.75, 3.05) is 5.73 Å². The molecule has 0 radical (unpaired) electrons. The van der Waals surface area contributed by atoms with Crippen molar-refractivity contribution in [1.82, 2.24) is 4.98 Å². The number of nitrogen functional groups attached to an aromatic ring is 1. The van der Waals surface area contributed by atoms with Crippen molar-refractivity contribution in [2.24, 2.45) is 0 Å². The van der Waals surface area contributed by atoms with E-state index in [9.17, 15) is 15.3 Å². The molecule has 0 amide bonds. The van der Waals surface area contributed by atoms with Crippen molar-refractivity contribution >= 4 is 16.8 Å². The summed E-state index contributed by atoms with van der Waals surface area (Å²) in [5.74, 6) is 1.34. The molecule has 152 valence electrons. The minimum absolute atomic E-state index is 0.00694. The molecular formula is C22H30N2O4. The van der Waals surface area contributed by atoms with Crippen molar-refractivity contribution in [3.63, 3.8) is 0 Å². The lowest BCUT2D eigenvalue weighted by molar-refractivity contribution is 0.434. The molecule has 0 saturated heterocycles. The van der Waals surface area contributed by atoms with Gasteiger partial charge in [-0.15, -0.1) is 0 Å². The molecule has 6 heteroatoms. The van der Waals surface area contributed by atoms with Crippen molar-refractivity contribution in [3.8, 4) is 17.2 Å². The summed E-state index contributed by atoms with van der Waals surface area (Å²) < 4.78 is 5.55. The van der Waals surface area contributed by atoms with E-state index in [1.807, 2.05) is 41.5 Å². The Morgan fingerprint density at radius 2 is 1.36 bits per heavy atom. The van der Waals surface area contributed by atoms with Gasteiger partial charge in [-0.25, -0.2) is 4.98 Å². The molecule has 0 aliphatic carbocycles. The fourth-order valence-electron chi connectivity index (χ4n) is 3.29. The van der Waals surface area contributed by atoms with E-state index >= 15 is 0 Å². The molecule has 1 aromatic heterocycles. The maximum atomic E-state index is 9.88. The van der Waals surface area contributed by atoms with Crippen LogP contribution < -0.4 is 5.73 Å². The van der Waals surface area contributed by atoms with Gasteiger partial charge in [0.25, 0.3) is 0 Å². The average molecular weight is 386 g/mol. The monoisotopic (exact) mass is 386 g/mol. The van der Waals surface area contributed by atoms with Gasteiger partial charge in [0.05, 0.1) is 5.69 Å². The first-order valence-electron chi connectivity index (χ1n) is 9.36. The van der Waals surface area contributed by atoms with Crippen LogP contribution in [0.5, 0.6) is 17.2 Å². The highest BCUT2D eigenvalue weighted by molar-refractivity contribution is 5.83. The molecule has 0 aliphatic rings. The summed E-state index contributed by atoms with van der Waals surface area (Å²) in [5, 5.41) is 29.1. The van der Waals surface area contributed by atoms with Crippen LogP contribution in [0.4, 0.5) is 5.69 Å². The number of phenols is 3. The van der Waals surface area contributed by atoms with Gasteiger partial charge >= 0.3 is 0 Å². The zero-order valence-electron chi connectivity index (χ0n) is 17.6. The molecule has 0 unspecified atom stereocenters. The molecule has 0 fully saturated rings. The third-order valence-electron chi connectivity index (χ3n) is 4.70. The van der Waals surface area contributed by atoms with Gasteiger partial charge in [-0.1, -0.05) is 27.7 Å². The van der Waals surface area contributed by atoms with Crippen LogP contribution in [0.2, 0.25) is 0 Å². The molecule has 3 rings (SSSR count). The van der Waals surface area contributed by atoms with Gasteiger partial charge in [0.15, 0.2) is 11.5 Å². The lowest BCUT2D eigenvalue weighted by Crippen LogP contribution is -1.96. The number of hydrogen-bond acceptors (Lipinski definition) is 6. The topological polar surface area (TPSA) is 113 Å².